The first-order chi connectivity index (χ1) is 13.2. The lowest BCUT2D eigenvalue weighted by Gasteiger charge is -2.11. The van der Waals surface area contributed by atoms with Crippen LogP contribution in [0.25, 0.3) is 0 Å². The second-order valence-corrected chi connectivity index (χ2v) is 7.45. The molecule has 8 heteroatoms. The highest BCUT2D eigenvalue weighted by atomic mass is 32.1. The van der Waals surface area contributed by atoms with Crippen LogP contribution in [0.5, 0.6) is 5.75 Å². The summed E-state index contributed by atoms with van der Waals surface area (Å²) in [6, 6.07) is 10.9. The van der Waals surface area contributed by atoms with Gasteiger partial charge in [-0.1, -0.05) is 25.1 Å². The van der Waals surface area contributed by atoms with Gasteiger partial charge in [0.1, 0.15) is 5.75 Å². The van der Waals surface area contributed by atoms with Gasteiger partial charge in [-0.2, -0.15) is 0 Å². The Balaban J connectivity index is 1.57. The number of hydrogen-bond acceptors (Lipinski definition) is 6. The van der Waals surface area contributed by atoms with Crippen molar-refractivity contribution in [3.63, 3.8) is 0 Å². The van der Waals surface area contributed by atoms with Crippen molar-refractivity contribution in [2.75, 3.05) is 17.2 Å². The van der Waals surface area contributed by atoms with Crippen LogP contribution in [0.2, 0.25) is 0 Å². The quantitative estimate of drug-likeness (QED) is 0.585. The van der Waals surface area contributed by atoms with Crippen molar-refractivity contribution in [1.29, 1.82) is 0 Å². The van der Waals surface area contributed by atoms with Crippen LogP contribution in [0, 0.1) is 0 Å². The van der Waals surface area contributed by atoms with Gasteiger partial charge in [0, 0.05) is 5.38 Å². The van der Waals surface area contributed by atoms with E-state index in [1.807, 2.05) is 36.6 Å². The Morgan fingerprint density at radius 1 is 1.11 bits per heavy atom. The summed E-state index contributed by atoms with van der Waals surface area (Å²) in [6.07, 6.45) is 1.01. The van der Waals surface area contributed by atoms with Gasteiger partial charge in [0.05, 0.1) is 29.3 Å². The van der Waals surface area contributed by atoms with E-state index in [9.17, 15) is 9.59 Å². The van der Waals surface area contributed by atoms with Gasteiger partial charge in [-0.25, -0.2) is 4.98 Å². The van der Waals surface area contributed by atoms with E-state index in [1.165, 1.54) is 22.7 Å². The number of anilines is 2. The number of para-hydroxylation sites is 2. The molecule has 0 atom stereocenters. The average Bonchev–Trinajstić information content (AvgIpc) is 3.33. The molecule has 3 aromatic rings. The molecule has 1 aromatic carbocycles. The first-order valence-corrected chi connectivity index (χ1v) is 10.2. The predicted octanol–water partition coefficient (Wildman–Crippen LogP) is 4.43. The lowest BCUT2D eigenvalue weighted by molar-refractivity contribution is -0.115. The number of carbonyl (C=O) groups is 2. The molecule has 0 spiro atoms. The number of amides is 2. The van der Waals surface area contributed by atoms with Crippen LogP contribution in [-0.4, -0.2) is 23.4 Å². The highest BCUT2D eigenvalue weighted by Gasteiger charge is 2.13. The maximum atomic E-state index is 12.3. The molecular weight excluding hydrogens is 382 g/mol. The molecule has 2 aromatic heterocycles. The van der Waals surface area contributed by atoms with Crippen molar-refractivity contribution in [2.45, 2.75) is 19.8 Å². The third-order valence-electron chi connectivity index (χ3n) is 3.48. The predicted molar refractivity (Wildman–Crippen MR) is 109 cm³/mol. The van der Waals surface area contributed by atoms with Crippen LogP contribution in [0.3, 0.4) is 0 Å². The molecule has 6 nitrogen and oxygen atoms in total. The van der Waals surface area contributed by atoms with Gasteiger partial charge in [-0.05, 0) is 30.0 Å². The molecular formula is C19H19N3O3S2. The van der Waals surface area contributed by atoms with Gasteiger partial charge in [-0.15, -0.1) is 22.7 Å². The van der Waals surface area contributed by atoms with E-state index in [4.69, 9.17) is 4.74 Å². The van der Waals surface area contributed by atoms with Crippen LogP contribution in [-0.2, 0) is 11.2 Å². The largest absolute Gasteiger partial charge is 0.491 e. The standard InChI is InChI=1S/C19H19N3O3S2/c1-2-9-25-15-7-4-3-6-14(15)21-17(23)11-13-12-27-19(20-13)22-18(24)16-8-5-10-26-16/h3-8,10,12H,2,9,11H2,1H3,(H,21,23)(H,20,22,24). The fraction of sp³-hybridized carbons (Fsp3) is 0.211. The molecule has 2 amide bonds. The number of hydrogen-bond donors (Lipinski definition) is 2. The third-order valence-corrected chi connectivity index (χ3v) is 5.16. The number of aromatic nitrogens is 1. The van der Waals surface area contributed by atoms with E-state index in [2.05, 4.69) is 15.6 Å². The van der Waals surface area contributed by atoms with E-state index >= 15 is 0 Å². The van der Waals surface area contributed by atoms with Crippen LogP contribution in [0.15, 0.2) is 47.2 Å². The van der Waals surface area contributed by atoms with Gasteiger partial charge < -0.3 is 10.1 Å². The SMILES string of the molecule is CCCOc1ccccc1NC(=O)Cc1csc(NC(=O)c2cccs2)n1. The monoisotopic (exact) mass is 401 g/mol. The lowest BCUT2D eigenvalue weighted by atomic mass is 10.2. The minimum atomic E-state index is -0.197. The molecule has 0 aliphatic carbocycles. The van der Waals surface area contributed by atoms with E-state index in [0.29, 0.717) is 33.7 Å². The number of nitrogens with one attached hydrogen (secondary N) is 2. The third kappa shape index (κ3) is 5.38. The minimum Gasteiger partial charge on any atom is -0.491 e. The van der Waals surface area contributed by atoms with Gasteiger partial charge in [0.25, 0.3) is 5.91 Å². The molecule has 0 aliphatic rings. The van der Waals surface area contributed by atoms with Crippen molar-refractivity contribution >= 4 is 45.3 Å². The fourth-order valence-electron chi connectivity index (χ4n) is 2.28. The Kier molecular flexibility index (Phi) is 6.56. The Hall–Kier alpha value is -2.71. The number of thiazole rings is 1. The maximum absolute atomic E-state index is 12.3. The minimum absolute atomic E-state index is 0.119. The molecule has 0 bridgehead atoms. The zero-order chi connectivity index (χ0) is 19.1. The molecule has 0 unspecified atom stereocenters. The summed E-state index contributed by atoms with van der Waals surface area (Å²) in [6.45, 7) is 2.62. The van der Waals surface area contributed by atoms with E-state index in [-0.39, 0.29) is 18.2 Å². The number of nitrogens with zero attached hydrogens (tertiary/aromatic N) is 1. The van der Waals surface area contributed by atoms with Crippen LogP contribution in [0.1, 0.15) is 28.7 Å². The summed E-state index contributed by atoms with van der Waals surface area (Å²) in [7, 11) is 0. The number of thiophene rings is 1. The fourth-order valence-corrected chi connectivity index (χ4v) is 3.60. The summed E-state index contributed by atoms with van der Waals surface area (Å²) in [5.41, 5.74) is 1.24. The van der Waals surface area contributed by atoms with Gasteiger partial charge in [0.15, 0.2) is 5.13 Å². The van der Waals surface area contributed by atoms with Crippen molar-refractivity contribution in [3.8, 4) is 5.75 Å². The molecule has 0 fully saturated rings. The molecule has 0 aliphatic heterocycles. The Morgan fingerprint density at radius 2 is 1.96 bits per heavy atom. The second kappa shape index (κ2) is 9.29. The highest BCUT2D eigenvalue weighted by Crippen LogP contribution is 2.24. The second-order valence-electron chi connectivity index (χ2n) is 5.64. The molecule has 3 rings (SSSR count). The molecule has 2 heterocycles. The average molecular weight is 402 g/mol. The zero-order valence-electron chi connectivity index (χ0n) is 14.7. The van der Waals surface area contributed by atoms with Crippen molar-refractivity contribution < 1.29 is 14.3 Å². The Morgan fingerprint density at radius 3 is 2.74 bits per heavy atom. The summed E-state index contributed by atoms with van der Waals surface area (Å²) >= 11 is 2.66. The molecule has 0 saturated heterocycles. The highest BCUT2D eigenvalue weighted by molar-refractivity contribution is 7.14. The van der Waals surface area contributed by atoms with Crippen LogP contribution >= 0.6 is 22.7 Å². The summed E-state index contributed by atoms with van der Waals surface area (Å²) in [4.78, 5) is 29.3. The Bertz CT molecular complexity index is 907. The normalized spacial score (nSPS) is 10.4. The van der Waals surface area contributed by atoms with Crippen molar-refractivity contribution in [3.05, 3.63) is 57.7 Å². The van der Waals surface area contributed by atoms with Crippen LogP contribution in [0.4, 0.5) is 10.8 Å². The number of carbonyl (C=O) groups excluding carboxylic acids is 2. The summed E-state index contributed by atoms with van der Waals surface area (Å²) in [5, 5.41) is 9.69. The first-order valence-electron chi connectivity index (χ1n) is 8.46. The smallest absolute Gasteiger partial charge is 0.267 e. The number of benzene rings is 1. The molecule has 140 valence electrons. The van der Waals surface area contributed by atoms with E-state index in [1.54, 1.807) is 17.5 Å². The van der Waals surface area contributed by atoms with Crippen LogP contribution < -0.4 is 15.4 Å². The molecule has 0 saturated carbocycles. The topological polar surface area (TPSA) is 80.3 Å². The lowest BCUT2D eigenvalue weighted by Crippen LogP contribution is -2.16. The van der Waals surface area contributed by atoms with Gasteiger partial charge >= 0.3 is 0 Å². The summed E-state index contributed by atoms with van der Waals surface area (Å²) < 4.78 is 5.65. The van der Waals surface area contributed by atoms with Gasteiger partial charge in [-0.3, -0.25) is 14.9 Å². The first kappa shape index (κ1) is 19.1. The van der Waals surface area contributed by atoms with E-state index < -0.39 is 0 Å². The maximum Gasteiger partial charge on any atom is 0.267 e. The molecule has 0 radical (unpaired) electrons. The number of ether oxygens (including phenoxy) is 1. The number of rotatable bonds is 8. The summed E-state index contributed by atoms with van der Waals surface area (Å²) in [5.74, 6) is 0.260. The van der Waals surface area contributed by atoms with E-state index in [0.717, 1.165) is 6.42 Å². The zero-order valence-corrected chi connectivity index (χ0v) is 16.4. The molecule has 2 N–H and O–H groups in total. The molecule has 27 heavy (non-hydrogen) atoms. The van der Waals surface area contributed by atoms with Crippen molar-refractivity contribution in [1.82, 2.24) is 4.98 Å². The van der Waals surface area contributed by atoms with Gasteiger partial charge in [0.2, 0.25) is 5.91 Å². The van der Waals surface area contributed by atoms with Crippen molar-refractivity contribution in [2.24, 2.45) is 0 Å². The Labute approximate surface area is 165 Å².